The first kappa shape index (κ1) is 12.2. The Morgan fingerprint density at radius 1 is 1.39 bits per heavy atom. The summed E-state index contributed by atoms with van der Waals surface area (Å²) in [4.78, 5) is 5.21. The van der Waals surface area contributed by atoms with Crippen molar-refractivity contribution in [1.82, 2.24) is 4.98 Å². The summed E-state index contributed by atoms with van der Waals surface area (Å²) < 4.78 is 0. The SMILES string of the molecule is Cc1sc(NC(=N)N)nc1-c1ccc(O)c(O)c1. The lowest BCUT2D eigenvalue weighted by molar-refractivity contribution is 0.404. The summed E-state index contributed by atoms with van der Waals surface area (Å²) in [6.07, 6.45) is 0. The number of nitrogens with one attached hydrogen (secondary N) is 2. The van der Waals surface area contributed by atoms with Crippen molar-refractivity contribution in [2.75, 3.05) is 5.32 Å². The molecular weight excluding hydrogens is 252 g/mol. The molecule has 6 N–H and O–H groups in total. The third-order valence-corrected chi connectivity index (χ3v) is 3.17. The summed E-state index contributed by atoms with van der Waals surface area (Å²) in [7, 11) is 0. The summed E-state index contributed by atoms with van der Waals surface area (Å²) in [5.41, 5.74) is 6.60. The number of aromatic nitrogens is 1. The van der Waals surface area contributed by atoms with Gasteiger partial charge in [-0.2, -0.15) is 0 Å². The van der Waals surface area contributed by atoms with Crippen LogP contribution in [0, 0.1) is 12.3 Å². The Morgan fingerprint density at radius 3 is 2.72 bits per heavy atom. The van der Waals surface area contributed by atoms with E-state index in [-0.39, 0.29) is 17.5 Å². The van der Waals surface area contributed by atoms with Gasteiger partial charge in [-0.25, -0.2) is 4.98 Å². The molecule has 0 bridgehead atoms. The highest BCUT2D eigenvalue weighted by Crippen LogP contribution is 2.34. The molecule has 1 heterocycles. The number of thiazole rings is 1. The van der Waals surface area contributed by atoms with Crippen LogP contribution in [0.15, 0.2) is 18.2 Å². The van der Waals surface area contributed by atoms with E-state index in [2.05, 4.69) is 10.3 Å². The molecule has 1 aromatic carbocycles. The van der Waals surface area contributed by atoms with E-state index in [1.54, 1.807) is 6.07 Å². The predicted octanol–water partition coefficient (Wildman–Crippen LogP) is 1.84. The van der Waals surface area contributed by atoms with Gasteiger partial charge in [0.1, 0.15) is 0 Å². The first-order valence-corrected chi connectivity index (χ1v) is 5.90. The molecule has 0 unspecified atom stereocenters. The van der Waals surface area contributed by atoms with Gasteiger partial charge in [0.25, 0.3) is 0 Å². The number of aryl methyl sites for hydroxylation is 1. The van der Waals surface area contributed by atoms with Crippen LogP contribution in [0.25, 0.3) is 11.3 Å². The average molecular weight is 264 g/mol. The molecule has 2 aromatic rings. The highest BCUT2D eigenvalue weighted by molar-refractivity contribution is 7.16. The van der Waals surface area contributed by atoms with Crippen molar-refractivity contribution in [1.29, 1.82) is 5.41 Å². The Bertz CT molecular complexity index is 609. The Balaban J connectivity index is 2.41. The molecule has 0 aliphatic heterocycles. The van der Waals surface area contributed by atoms with Crippen molar-refractivity contribution in [2.45, 2.75) is 6.92 Å². The lowest BCUT2D eigenvalue weighted by atomic mass is 10.1. The number of aromatic hydroxyl groups is 2. The third kappa shape index (κ3) is 2.35. The van der Waals surface area contributed by atoms with Gasteiger partial charge in [0, 0.05) is 10.4 Å². The van der Waals surface area contributed by atoms with E-state index in [0.717, 1.165) is 4.88 Å². The van der Waals surface area contributed by atoms with Gasteiger partial charge in [0.05, 0.1) is 5.69 Å². The molecule has 0 amide bonds. The average Bonchev–Trinajstić information content (AvgIpc) is 2.62. The van der Waals surface area contributed by atoms with Crippen LogP contribution in [0.1, 0.15) is 4.88 Å². The van der Waals surface area contributed by atoms with E-state index >= 15 is 0 Å². The van der Waals surface area contributed by atoms with Crippen LogP contribution in [0.5, 0.6) is 11.5 Å². The predicted molar refractivity (Wildman–Crippen MR) is 71.2 cm³/mol. The fraction of sp³-hybridized carbons (Fsp3) is 0.0909. The van der Waals surface area contributed by atoms with Gasteiger partial charge < -0.3 is 21.3 Å². The zero-order valence-electron chi connectivity index (χ0n) is 9.56. The number of hydrogen-bond donors (Lipinski definition) is 5. The van der Waals surface area contributed by atoms with E-state index in [1.807, 2.05) is 6.92 Å². The molecule has 6 nitrogen and oxygen atoms in total. The standard InChI is InChI=1S/C11H12N4O2S/c1-5-9(14-11(18-5)15-10(12)13)6-2-3-7(16)8(17)4-6/h2-4,16-17H,1H3,(H4,12,13,14,15). The van der Waals surface area contributed by atoms with Crippen molar-refractivity contribution < 1.29 is 10.2 Å². The maximum Gasteiger partial charge on any atom is 0.192 e. The van der Waals surface area contributed by atoms with Gasteiger partial charge in [0.15, 0.2) is 22.6 Å². The monoisotopic (exact) mass is 264 g/mol. The minimum Gasteiger partial charge on any atom is -0.504 e. The quantitative estimate of drug-likeness (QED) is 0.322. The minimum atomic E-state index is -0.194. The Kier molecular flexibility index (Phi) is 3.07. The molecule has 0 saturated carbocycles. The fourth-order valence-electron chi connectivity index (χ4n) is 1.50. The number of rotatable bonds is 2. The molecule has 0 fully saturated rings. The summed E-state index contributed by atoms with van der Waals surface area (Å²) in [5.74, 6) is -0.543. The van der Waals surface area contributed by atoms with E-state index in [9.17, 15) is 10.2 Å². The first-order valence-electron chi connectivity index (χ1n) is 5.08. The van der Waals surface area contributed by atoms with Crippen LogP contribution in [0.2, 0.25) is 0 Å². The van der Waals surface area contributed by atoms with Crippen LogP contribution in [0.4, 0.5) is 5.13 Å². The number of nitrogens with zero attached hydrogens (tertiary/aromatic N) is 1. The van der Waals surface area contributed by atoms with Gasteiger partial charge in [-0.3, -0.25) is 5.41 Å². The number of benzene rings is 1. The zero-order valence-corrected chi connectivity index (χ0v) is 10.4. The number of nitrogens with two attached hydrogens (primary N) is 1. The van der Waals surface area contributed by atoms with Gasteiger partial charge in [-0.15, -0.1) is 11.3 Å². The number of anilines is 1. The second kappa shape index (κ2) is 4.53. The Labute approximate surface area is 107 Å². The Morgan fingerprint density at radius 2 is 2.11 bits per heavy atom. The van der Waals surface area contributed by atoms with Crippen LogP contribution < -0.4 is 11.1 Å². The normalized spacial score (nSPS) is 10.3. The second-order valence-corrected chi connectivity index (χ2v) is 4.87. The molecule has 18 heavy (non-hydrogen) atoms. The third-order valence-electron chi connectivity index (χ3n) is 2.29. The summed E-state index contributed by atoms with van der Waals surface area (Å²) in [5, 5.41) is 29.0. The second-order valence-electron chi connectivity index (χ2n) is 3.67. The van der Waals surface area contributed by atoms with Crippen LogP contribution in [-0.2, 0) is 0 Å². The minimum absolute atomic E-state index is 0.172. The molecule has 0 aliphatic carbocycles. The molecule has 7 heteroatoms. The number of phenolic OH excluding ortho intramolecular Hbond substituents is 2. The summed E-state index contributed by atoms with van der Waals surface area (Å²) in [6, 6.07) is 4.51. The van der Waals surface area contributed by atoms with Gasteiger partial charge in [-0.05, 0) is 25.1 Å². The van der Waals surface area contributed by atoms with E-state index in [4.69, 9.17) is 11.1 Å². The zero-order chi connectivity index (χ0) is 13.3. The molecule has 0 aliphatic rings. The number of hydrogen-bond acceptors (Lipinski definition) is 5. The molecular formula is C11H12N4O2S. The van der Waals surface area contributed by atoms with Crippen molar-refractivity contribution >= 4 is 22.4 Å². The smallest absolute Gasteiger partial charge is 0.192 e. The maximum atomic E-state index is 9.46. The van der Waals surface area contributed by atoms with Gasteiger partial charge >= 0.3 is 0 Å². The van der Waals surface area contributed by atoms with E-state index in [1.165, 1.54) is 23.5 Å². The molecule has 0 atom stereocenters. The van der Waals surface area contributed by atoms with E-state index in [0.29, 0.717) is 16.4 Å². The van der Waals surface area contributed by atoms with Crippen molar-refractivity contribution in [3.63, 3.8) is 0 Å². The summed E-state index contributed by atoms with van der Waals surface area (Å²) in [6.45, 7) is 1.88. The fourth-order valence-corrected chi connectivity index (χ4v) is 2.35. The summed E-state index contributed by atoms with van der Waals surface area (Å²) >= 11 is 1.36. The maximum absolute atomic E-state index is 9.46. The van der Waals surface area contributed by atoms with Crippen molar-refractivity contribution in [3.05, 3.63) is 23.1 Å². The molecule has 2 rings (SSSR count). The molecule has 0 spiro atoms. The van der Waals surface area contributed by atoms with Gasteiger partial charge in [-0.1, -0.05) is 0 Å². The van der Waals surface area contributed by atoms with E-state index < -0.39 is 0 Å². The molecule has 1 aromatic heterocycles. The van der Waals surface area contributed by atoms with Crippen LogP contribution in [-0.4, -0.2) is 21.2 Å². The van der Waals surface area contributed by atoms with Crippen molar-refractivity contribution in [2.24, 2.45) is 5.73 Å². The molecule has 0 saturated heterocycles. The Hall–Kier alpha value is -2.28. The number of guanidine groups is 1. The van der Waals surface area contributed by atoms with Crippen LogP contribution in [0.3, 0.4) is 0 Å². The largest absolute Gasteiger partial charge is 0.504 e. The van der Waals surface area contributed by atoms with Crippen LogP contribution >= 0.6 is 11.3 Å². The topological polar surface area (TPSA) is 115 Å². The van der Waals surface area contributed by atoms with Crippen molar-refractivity contribution in [3.8, 4) is 22.8 Å². The number of phenols is 2. The highest BCUT2D eigenvalue weighted by atomic mass is 32.1. The lowest BCUT2D eigenvalue weighted by Crippen LogP contribution is -2.20. The lowest BCUT2D eigenvalue weighted by Gasteiger charge is -2.01. The molecule has 94 valence electrons. The first-order chi connectivity index (χ1) is 8.47. The highest BCUT2D eigenvalue weighted by Gasteiger charge is 2.11. The van der Waals surface area contributed by atoms with Gasteiger partial charge in [0.2, 0.25) is 0 Å². The molecule has 0 radical (unpaired) electrons.